The summed E-state index contributed by atoms with van der Waals surface area (Å²) in [6.45, 7) is 10.1. The maximum atomic E-state index is 12.5. The molecular weight excluding hydrogens is 318 g/mol. The van der Waals surface area contributed by atoms with Crippen LogP contribution in [0.4, 0.5) is 4.79 Å². The van der Waals surface area contributed by atoms with Gasteiger partial charge >= 0.3 is 6.03 Å². The lowest BCUT2D eigenvalue weighted by Gasteiger charge is -2.35. The minimum Gasteiger partial charge on any atom is -0.338 e. The summed E-state index contributed by atoms with van der Waals surface area (Å²) in [4.78, 5) is 30.8. The van der Waals surface area contributed by atoms with E-state index in [9.17, 15) is 9.59 Å². The molecule has 2 N–H and O–H groups in total. The second-order valence-electron chi connectivity index (χ2n) is 7.31. The van der Waals surface area contributed by atoms with E-state index in [1.54, 1.807) is 13.1 Å². The molecule has 25 heavy (non-hydrogen) atoms. The van der Waals surface area contributed by atoms with Crippen LogP contribution < -0.4 is 10.6 Å². The molecule has 0 radical (unpaired) electrons. The van der Waals surface area contributed by atoms with Crippen molar-refractivity contribution in [1.82, 2.24) is 25.1 Å². The lowest BCUT2D eigenvalue weighted by atomic mass is 10.0. The molecule has 0 bridgehead atoms. The number of carbonyl (C=O) groups excluding carboxylic acids is 2. The van der Waals surface area contributed by atoms with Crippen molar-refractivity contribution in [2.24, 2.45) is 5.92 Å². The molecule has 1 aliphatic heterocycles. The van der Waals surface area contributed by atoms with Gasteiger partial charge in [0.2, 0.25) is 5.91 Å². The van der Waals surface area contributed by atoms with Crippen molar-refractivity contribution in [3.63, 3.8) is 0 Å². The van der Waals surface area contributed by atoms with Crippen LogP contribution in [0.15, 0.2) is 12.4 Å². The summed E-state index contributed by atoms with van der Waals surface area (Å²) in [5.74, 6) is 1.31. The molecule has 2 unspecified atom stereocenters. The first-order chi connectivity index (χ1) is 11.9. The number of piperidine rings is 1. The van der Waals surface area contributed by atoms with E-state index in [4.69, 9.17) is 0 Å². The van der Waals surface area contributed by atoms with Crippen molar-refractivity contribution < 1.29 is 9.59 Å². The molecule has 2 heterocycles. The molecule has 1 saturated heterocycles. The van der Waals surface area contributed by atoms with Crippen LogP contribution in [0.5, 0.6) is 0 Å². The number of hydrogen-bond acceptors (Lipinski definition) is 3. The first-order valence-corrected chi connectivity index (χ1v) is 9.23. The van der Waals surface area contributed by atoms with Gasteiger partial charge in [0.25, 0.3) is 0 Å². The molecule has 0 aromatic carbocycles. The highest BCUT2D eigenvalue weighted by molar-refractivity contribution is 5.86. The second-order valence-corrected chi connectivity index (χ2v) is 7.31. The van der Waals surface area contributed by atoms with Crippen molar-refractivity contribution in [2.75, 3.05) is 6.54 Å². The largest absolute Gasteiger partial charge is 0.338 e. The number of nitrogens with zero attached hydrogens (tertiary/aromatic N) is 3. The van der Waals surface area contributed by atoms with Crippen molar-refractivity contribution in [3.8, 4) is 0 Å². The van der Waals surface area contributed by atoms with Gasteiger partial charge in [0.05, 0.1) is 6.54 Å². The van der Waals surface area contributed by atoms with Gasteiger partial charge in [-0.25, -0.2) is 9.78 Å². The molecule has 0 spiro atoms. The number of likely N-dealkylation sites (tertiary alicyclic amines) is 1. The zero-order chi connectivity index (χ0) is 18.4. The van der Waals surface area contributed by atoms with E-state index in [0.717, 1.165) is 38.2 Å². The van der Waals surface area contributed by atoms with E-state index in [-0.39, 0.29) is 18.0 Å². The number of carbonyl (C=O) groups is 2. The summed E-state index contributed by atoms with van der Waals surface area (Å²) in [7, 11) is 0. The highest BCUT2D eigenvalue weighted by Crippen LogP contribution is 2.17. The van der Waals surface area contributed by atoms with Crippen LogP contribution in [-0.2, 0) is 17.9 Å². The predicted octanol–water partition coefficient (Wildman–Crippen LogP) is 2.13. The van der Waals surface area contributed by atoms with Crippen LogP contribution in [-0.4, -0.2) is 45.0 Å². The summed E-state index contributed by atoms with van der Waals surface area (Å²) in [5, 5.41) is 5.54. The van der Waals surface area contributed by atoms with Crippen LogP contribution in [0.25, 0.3) is 0 Å². The van der Waals surface area contributed by atoms with Crippen LogP contribution in [0, 0.1) is 5.92 Å². The third-order valence-electron chi connectivity index (χ3n) is 4.57. The van der Waals surface area contributed by atoms with E-state index in [1.165, 1.54) is 0 Å². The number of aromatic nitrogens is 2. The fourth-order valence-corrected chi connectivity index (χ4v) is 3.21. The molecule has 1 aromatic heterocycles. The minimum atomic E-state index is -0.532. The molecule has 1 aliphatic rings. The van der Waals surface area contributed by atoms with Crippen molar-refractivity contribution >= 4 is 11.9 Å². The summed E-state index contributed by atoms with van der Waals surface area (Å²) in [6, 6.07) is -0.627. The third-order valence-corrected chi connectivity index (χ3v) is 4.57. The van der Waals surface area contributed by atoms with Gasteiger partial charge in [0.15, 0.2) is 0 Å². The third kappa shape index (κ3) is 5.47. The summed E-state index contributed by atoms with van der Waals surface area (Å²) in [6.07, 6.45) is 6.88. The number of nitrogens with one attached hydrogen (secondary N) is 2. The molecule has 2 rings (SSSR count). The molecular formula is C18H31N5O2. The van der Waals surface area contributed by atoms with Gasteiger partial charge in [0.1, 0.15) is 11.9 Å². The van der Waals surface area contributed by atoms with E-state index >= 15 is 0 Å². The second kappa shape index (κ2) is 8.87. The zero-order valence-corrected chi connectivity index (χ0v) is 15.8. The van der Waals surface area contributed by atoms with Crippen LogP contribution in [0.1, 0.15) is 52.8 Å². The number of urea groups is 1. The Kier molecular flexibility index (Phi) is 6.84. The lowest BCUT2D eigenvalue weighted by Crippen LogP contribution is -2.53. The standard InChI is InChI=1S/C18H31N5O2/c1-13(2)12-22-10-8-19-16(22)11-20-18(25)21-15(4)17(24)23-9-6-5-7-14(23)3/h8,10,13-15H,5-7,9,11-12H2,1-4H3,(H2,20,21,25). The molecule has 0 saturated carbocycles. The Morgan fingerprint density at radius 2 is 2.08 bits per heavy atom. The first kappa shape index (κ1) is 19.3. The predicted molar refractivity (Wildman–Crippen MR) is 96.9 cm³/mol. The Labute approximate surface area is 150 Å². The maximum absolute atomic E-state index is 12.5. The van der Waals surface area contributed by atoms with Gasteiger partial charge in [-0.1, -0.05) is 13.8 Å². The van der Waals surface area contributed by atoms with E-state index in [2.05, 4.69) is 36.4 Å². The lowest BCUT2D eigenvalue weighted by molar-refractivity contribution is -0.136. The Hall–Kier alpha value is -2.05. The summed E-state index contributed by atoms with van der Waals surface area (Å²) in [5.41, 5.74) is 0. The Balaban J connectivity index is 1.81. The molecule has 140 valence electrons. The van der Waals surface area contributed by atoms with Gasteiger partial charge < -0.3 is 20.1 Å². The molecule has 2 atom stereocenters. The highest BCUT2D eigenvalue weighted by Gasteiger charge is 2.27. The van der Waals surface area contributed by atoms with E-state index in [1.807, 2.05) is 15.7 Å². The Morgan fingerprint density at radius 1 is 1.32 bits per heavy atom. The van der Waals surface area contributed by atoms with E-state index < -0.39 is 6.04 Å². The SMILES string of the molecule is CC(C)Cn1ccnc1CNC(=O)NC(C)C(=O)N1CCCCC1C. The van der Waals surface area contributed by atoms with Crippen LogP contribution in [0.2, 0.25) is 0 Å². The normalized spacial score (nSPS) is 18.9. The molecule has 7 nitrogen and oxygen atoms in total. The van der Waals surface area contributed by atoms with Gasteiger partial charge in [0, 0.05) is 31.5 Å². The average molecular weight is 349 g/mol. The van der Waals surface area contributed by atoms with Crippen molar-refractivity contribution in [3.05, 3.63) is 18.2 Å². The quantitative estimate of drug-likeness (QED) is 0.826. The fourth-order valence-electron chi connectivity index (χ4n) is 3.21. The number of rotatable bonds is 6. The Morgan fingerprint density at radius 3 is 2.76 bits per heavy atom. The van der Waals surface area contributed by atoms with Gasteiger partial charge in [-0.15, -0.1) is 0 Å². The van der Waals surface area contributed by atoms with Crippen LogP contribution >= 0.6 is 0 Å². The Bertz CT molecular complexity index is 584. The van der Waals surface area contributed by atoms with Crippen LogP contribution in [0.3, 0.4) is 0 Å². The molecule has 1 aromatic rings. The maximum Gasteiger partial charge on any atom is 0.315 e. The molecule has 3 amide bonds. The zero-order valence-electron chi connectivity index (χ0n) is 15.8. The van der Waals surface area contributed by atoms with Gasteiger partial charge in [-0.2, -0.15) is 0 Å². The average Bonchev–Trinajstić information content (AvgIpc) is 2.99. The molecule has 0 aliphatic carbocycles. The van der Waals surface area contributed by atoms with E-state index in [0.29, 0.717) is 12.5 Å². The fraction of sp³-hybridized carbons (Fsp3) is 0.722. The first-order valence-electron chi connectivity index (χ1n) is 9.23. The molecule has 1 fully saturated rings. The minimum absolute atomic E-state index is 0.0105. The number of imidazole rings is 1. The molecule has 7 heteroatoms. The smallest absolute Gasteiger partial charge is 0.315 e. The van der Waals surface area contributed by atoms with Crippen molar-refractivity contribution in [1.29, 1.82) is 0 Å². The van der Waals surface area contributed by atoms with Gasteiger partial charge in [-0.05, 0) is 39.0 Å². The topological polar surface area (TPSA) is 79.3 Å². The number of hydrogen-bond donors (Lipinski definition) is 2. The van der Waals surface area contributed by atoms with Crippen molar-refractivity contribution in [2.45, 2.75) is 72.1 Å². The van der Waals surface area contributed by atoms with Gasteiger partial charge in [-0.3, -0.25) is 4.79 Å². The highest BCUT2D eigenvalue weighted by atomic mass is 16.2. The summed E-state index contributed by atoms with van der Waals surface area (Å²) >= 11 is 0. The monoisotopic (exact) mass is 349 g/mol. The summed E-state index contributed by atoms with van der Waals surface area (Å²) < 4.78 is 2.04. The number of amides is 3.